The van der Waals surface area contributed by atoms with Crippen molar-refractivity contribution in [2.24, 2.45) is 0 Å². The fourth-order valence-electron chi connectivity index (χ4n) is 4.46. The number of piperazine rings is 1. The smallest absolute Gasteiger partial charge is 0.343 e. The summed E-state index contributed by atoms with van der Waals surface area (Å²) < 4.78 is 40.3. The van der Waals surface area contributed by atoms with E-state index < -0.39 is 11.7 Å². The lowest BCUT2D eigenvalue weighted by molar-refractivity contribution is -0.137. The number of alkyl halides is 3. The quantitative estimate of drug-likeness (QED) is 0.645. The molecule has 1 amide bonds. The Bertz CT molecular complexity index is 993. The molecule has 0 N–H and O–H groups in total. The highest BCUT2D eigenvalue weighted by Crippen LogP contribution is 2.29. The standard InChI is InChI=1S/C24H30F3N3O2/c1-16-14-20(17(2)30(16)23(3,4)5)21(31)15-28-10-12-29(13-11-28)22(32)18-6-8-19(9-7-18)24(25,26)27/h6-9,14H,10-13,15H2,1-5H3. The molecular formula is C24H30F3N3O2. The van der Waals surface area contributed by atoms with Crippen LogP contribution in [0.5, 0.6) is 0 Å². The number of amides is 1. The number of rotatable bonds is 4. The molecule has 0 radical (unpaired) electrons. The molecule has 0 spiro atoms. The highest BCUT2D eigenvalue weighted by Gasteiger charge is 2.31. The third kappa shape index (κ3) is 5.06. The molecule has 1 fully saturated rings. The van der Waals surface area contributed by atoms with Gasteiger partial charge in [0.25, 0.3) is 5.91 Å². The average Bonchev–Trinajstić information content (AvgIpc) is 3.02. The van der Waals surface area contributed by atoms with Crippen molar-refractivity contribution in [3.8, 4) is 0 Å². The van der Waals surface area contributed by atoms with E-state index in [0.29, 0.717) is 26.2 Å². The van der Waals surface area contributed by atoms with E-state index in [1.807, 2.05) is 24.8 Å². The molecule has 1 aliphatic rings. The van der Waals surface area contributed by atoms with Gasteiger partial charge in [0.1, 0.15) is 0 Å². The molecule has 1 aromatic carbocycles. The predicted molar refractivity (Wildman–Crippen MR) is 117 cm³/mol. The number of halogens is 3. The summed E-state index contributed by atoms with van der Waals surface area (Å²) in [4.78, 5) is 29.2. The van der Waals surface area contributed by atoms with E-state index in [1.54, 1.807) is 4.90 Å². The fourth-order valence-corrected chi connectivity index (χ4v) is 4.46. The van der Waals surface area contributed by atoms with E-state index in [-0.39, 0.29) is 29.3 Å². The first kappa shape index (κ1) is 24.0. The lowest BCUT2D eigenvalue weighted by Crippen LogP contribution is -2.49. The van der Waals surface area contributed by atoms with Gasteiger partial charge in [0.15, 0.2) is 5.78 Å². The third-order valence-corrected chi connectivity index (χ3v) is 5.89. The van der Waals surface area contributed by atoms with Crippen LogP contribution in [0.4, 0.5) is 13.2 Å². The summed E-state index contributed by atoms with van der Waals surface area (Å²) in [5.41, 5.74) is 2.07. The minimum absolute atomic E-state index is 0.0520. The van der Waals surface area contributed by atoms with E-state index in [4.69, 9.17) is 0 Å². The van der Waals surface area contributed by atoms with Gasteiger partial charge >= 0.3 is 6.18 Å². The van der Waals surface area contributed by atoms with Crippen LogP contribution in [0.25, 0.3) is 0 Å². The molecule has 0 atom stereocenters. The molecule has 1 aliphatic heterocycles. The molecule has 0 saturated carbocycles. The summed E-state index contributed by atoms with van der Waals surface area (Å²) in [6.45, 7) is 12.5. The zero-order valence-corrected chi connectivity index (χ0v) is 19.2. The second-order valence-electron chi connectivity index (χ2n) is 9.36. The summed E-state index contributed by atoms with van der Waals surface area (Å²) in [5.74, 6) is -0.241. The minimum Gasteiger partial charge on any atom is -0.343 e. The van der Waals surface area contributed by atoms with Crippen molar-refractivity contribution >= 4 is 11.7 Å². The van der Waals surface area contributed by atoms with Crippen LogP contribution >= 0.6 is 0 Å². The van der Waals surface area contributed by atoms with Crippen molar-refractivity contribution in [2.75, 3.05) is 32.7 Å². The van der Waals surface area contributed by atoms with E-state index in [0.717, 1.165) is 29.1 Å². The first-order valence-electron chi connectivity index (χ1n) is 10.7. The van der Waals surface area contributed by atoms with Gasteiger partial charge in [-0.2, -0.15) is 13.2 Å². The maximum absolute atomic E-state index is 12.9. The van der Waals surface area contributed by atoms with Crippen LogP contribution in [-0.2, 0) is 11.7 Å². The summed E-state index contributed by atoms with van der Waals surface area (Å²) in [5, 5.41) is 0. The first-order valence-corrected chi connectivity index (χ1v) is 10.7. The summed E-state index contributed by atoms with van der Waals surface area (Å²) in [6.07, 6.45) is -4.43. The van der Waals surface area contributed by atoms with Gasteiger partial charge in [0.2, 0.25) is 0 Å². The van der Waals surface area contributed by atoms with Crippen molar-refractivity contribution < 1.29 is 22.8 Å². The van der Waals surface area contributed by atoms with Gasteiger partial charge < -0.3 is 9.47 Å². The van der Waals surface area contributed by atoms with Crippen LogP contribution in [0.3, 0.4) is 0 Å². The van der Waals surface area contributed by atoms with E-state index in [9.17, 15) is 22.8 Å². The number of Topliss-reactive ketones (excluding diaryl/α,β-unsaturated/α-hetero) is 1. The van der Waals surface area contributed by atoms with Crippen LogP contribution in [-0.4, -0.2) is 58.8 Å². The zero-order chi connectivity index (χ0) is 23.8. The van der Waals surface area contributed by atoms with Crippen LogP contribution in [0.1, 0.15) is 58.4 Å². The van der Waals surface area contributed by atoms with Crippen molar-refractivity contribution in [1.29, 1.82) is 0 Å². The van der Waals surface area contributed by atoms with Crippen molar-refractivity contribution in [1.82, 2.24) is 14.4 Å². The SMILES string of the molecule is Cc1cc(C(=O)CN2CCN(C(=O)c3ccc(C(F)(F)F)cc3)CC2)c(C)n1C(C)(C)C. The number of ketones is 1. The maximum atomic E-state index is 12.9. The van der Waals surface area contributed by atoms with Gasteiger partial charge in [-0.1, -0.05) is 0 Å². The Morgan fingerprint density at radius 3 is 1.97 bits per heavy atom. The normalized spacial score (nSPS) is 15.8. The van der Waals surface area contributed by atoms with E-state index in [1.165, 1.54) is 12.1 Å². The molecule has 8 heteroatoms. The highest BCUT2D eigenvalue weighted by atomic mass is 19.4. The highest BCUT2D eigenvalue weighted by molar-refractivity contribution is 5.99. The van der Waals surface area contributed by atoms with Crippen LogP contribution < -0.4 is 0 Å². The molecule has 0 unspecified atom stereocenters. The number of carbonyl (C=O) groups is 2. The molecule has 2 heterocycles. The van der Waals surface area contributed by atoms with Crippen LogP contribution in [0, 0.1) is 13.8 Å². The molecular weight excluding hydrogens is 419 g/mol. The van der Waals surface area contributed by atoms with Gasteiger partial charge in [0.05, 0.1) is 12.1 Å². The first-order chi connectivity index (χ1) is 14.8. The monoisotopic (exact) mass is 449 g/mol. The molecule has 3 rings (SSSR count). The maximum Gasteiger partial charge on any atom is 0.416 e. The van der Waals surface area contributed by atoms with Gasteiger partial charge in [-0.15, -0.1) is 0 Å². The Labute approximate surface area is 186 Å². The Kier molecular flexibility index (Phi) is 6.56. The van der Waals surface area contributed by atoms with Gasteiger partial charge in [0, 0.05) is 54.2 Å². The van der Waals surface area contributed by atoms with Crippen molar-refractivity contribution in [3.05, 3.63) is 58.4 Å². The number of benzene rings is 1. The van der Waals surface area contributed by atoms with E-state index in [2.05, 4.69) is 25.3 Å². The number of aryl methyl sites for hydroxylation is 1. The number of aromatic nitrogens is 1. The minimum atomic E-state index is -4.43. The van der Waals surface area contributed by atoms with Gasteiger partial charge in [-0.3, -0.25) is 14.5 Å². The Balaban J connectivity index is 1.59. The Morgan fingerprint density at radius 1 is 0.938 bits per heavy atom. The average molecular weight is 450 g/mol. The van der Waals surface area contributed by atoms with Crippen molar-refractivity contribution in [3.63, 3.8) is 0 Å². The molecule has 5 nitrogen and oxygen atoms in total. The molecule has 0 bridgehead atoms. The molecule has 174 valence electrons. The molecule has 1 saturated heterocycles. The van der Waals surface area contributed by atoms with Crippen LogP contribution in [0.15, 0.2) is 30.3 Å². The van der Waals surface area contributed by atoms with Gasteiger partial charge in [-0.05, 0) is 65.0 Å². The Hall–Kier alpha value is -2.61. The second kappa shape index (κ2) is 8.73. The second-order valence-corrected chi connectivity index (χ2v) is 9.36. The molecule has 2 aromatic rings. The number of hydrogen-bond acceptors (Lipinski definition) is 3. The van der Waals surface area contributed by atoms with Crippen LogP contribution in [0.2, 0.25) is 0 Å². The summed E-state index contributed by atoms with van der Waals surface area (Å²) in [7, 11) is 0. The molecule has 0 aliphatic carbocycles. The molecule has 1 aromatic heterocycles. The van der Waals surface area contributed by atoms with Gasteiger partial charge in [-0.25, -0.2) is 0 Å². The zero-order valence-electron chi connectivity index (χ0n) is 19.2. The number of nitrogens with zero attached hydrogens (tertiary/aromatic N) is 3. The topological polar surface area (TPSA) is 45.6 Å². The lowest BCUT2D eigenvalue weighted by Gasteiger charge is -2.34. The Morgan fingerprint density at radius 2 is 1.50 bits per heavy atom. The number of carbonyl (C=O) groups excluding carboxylic acids is 2. The van der Waals surface area contributed by atoms with Crippen molar-refractivity contribution in [2.45, 2.75) is 46.3 Å². The third-order valence-electron chi connectivity index (χ3n) is 5.89. The number of hydrogen-bond donors (Lipinski definition) is 0. The summed E-state index contributed by atoms with van der Waals surface area (Å²) >= 11 is 0. The molecule has 32 heavy (non-hydrogen) atoms. The lowest BCUT2D eigenvalue weighted by atomic mass is 10.1. The largest absolute Gasteiger partial charge is 0.416 e. The van der Waals surface area contributed by atoms with E-state index >= 15 is 0 Å². The fraction of sp³-hybridized carbons (Fsp3) is 0.500. The predicted octanol–water partition coefficient (Wildman–Crippen LogP) is 4.52. The summed E-state index contributed by atoms with van der Waals surface area (Å²) in [6, 6.07) is 6.22.